The Kier molecular flexibility index (Phi) is 60.3. The van der Waals surface area contributed by atoms with Gasteiger partial charge < -0.3 is 14.2 Å². The van der Waals surface area contributed by atoms with Gasteiger partial charge in [0, 0.05) is 19.3 Å². The lowest BCUT2D eigenvalue weighted by molar-refractivity contribution is -0.167. The molecule has 0 radical (unpaired) electrons. The normalized spacial score (nSPS) is 12.6. The van der Waals surface area contributed by atoms with Crippen LogP contribution in [0, 0.1) is 0 Å². The minimum absolute atomic E-state index is 0.0958. The van der Waals surface area contributed by atoms with Crippen molar-refractivity contribution in [1.29, 1.82) is 0 Å². The van der Waals surface area contributed by atoms with Crippen LogP contribution in [0.4, 0.5) is 0 Å². The van der Waals surface area contributed by atoms with Gasteiger partial charge in [0.1, 0.15) is 13.2 Å². The Labute approximate surface area is 465 Å². The molecule has 0 spiro atoms. The number of esters is 3. The Hall–Kier alpha value is -3.41. The highest BCUT2D eigenvalue weighted by atomic mass is 16.6. The third-order valence-electron chi connectivity index (χ3n) is 13.9. The van der Waals surface area contributed by atoms with E-state index in [1.54, 1.807) is 0 Å². The molecule has 0 fully saturated rings. The van der Waals surface area contributed by atoms with Crippen molar-refractivity contribution in [3.8, 4) is 0 Å². The van der Waals surface area contributed by atoms with Crippen molar-refractivity contribution in [3.05, 3.63) is 85.1 Å². The van der Waals surface area contributed by atoms with Crippen molar-refractivity contribution in [1.82, 2.24) is 0 Å². The molecule has 0 heterocycles. The van der Waals surface area contributed by atoms with Gasteiger partial charge in [-0.3, -0.25) is 14.4 Å². The molecule has 0 aromatic carbocycles. The fourth-order valence-electron chi connectivity index (χ4n) is 9.10. The summed E-state index contributed by atoms with van der Waals surface area (Å²) in [5.41, 5.74) is 0. The van der Waals surface area contributed by atoms with E-state index in [0.29, 0.717) is 19.3 Å². The number of hydrogen-bond donors (Lipinski definition) is 0. The molecule has 0 saturated carbocycles. The van der Waals surface area contributed by atoms with E-state index in [4.69, 9.17) is 14.2 Å². The number of allylic oxidation sites excluding steroid dienone is 14. The molecule has 0 bridgehead atoms. The van der Waals surface area contributed by atoms with Crippen LogP contribution in [0.3, 0.4) is 0 Å². The monoisotopic (exact) mass is 1040 g/mol. The molecule has 0 saturated heterocycles. The van der Waals surface area contributed by atoms with Gasteiger partial charge >= 0.3 is 17.9 Å². The third-order valence-corrected chi connectivity index (χ3v) is 13.9. The predicted molar refractivity (Wildman–Crippen MR) is 325 cm³/mol. The van der Waals surface area contributed by atoms with Crippen LogP contribution in [-0.2, 0) is 28.6 Å². The minimum Gasteiger partial charge on any atom is -0.462 e. The van der Waals surface area contributed by atoms with Crippen LogP contribution >= 0.6 is 0 Å². The van der Waals surface area contributed by atoms with Crippen molar-refractivity contribution >= 4 is 17.9 Å². The lowest BCUT2D eigenvalue weighted by Gasteiger charge is -2.18. The second kappa shape index (κ2) is 63.1. The van der Waals surface area contributed by atoms with Crippen molar-refractivity contribution in [3.63, 3.8) is 0 Å². The summed E-state index contributed by atoms with van der Waals surface area (Å²) in [4.78, 5) is 38.2. The zero-order chi connectivity index (χ0) is 54.3. The maximum Gasteiger partial charge on any atom is 0.306 e. The summed E-state index contributed by atoms with van der Waals surface area (Å²) in [5.74, 6) is -0.944. The van der Waals surface area contributed by atoms with E-state index in [2.05, 4.69) is 106 Å². The van der Waals surface area contributed by atoms with Gasteiger partial charge in [0.2, 0.25) is 0 Å². The molecule has 0 aromatic rings. The number of carbonyl (C=O) groups is 3. The molecule has 432 valence electrons. The summed E-state index contributed by atoms with van der Waals surface area (Å²) in [6.45, 7) is 6.49. The lowest BCUT2D eigenvalue weighted by atomic mass is 10.0. The summed E-state index contributed by atoms with van der Waals surface area (Å²) < 4.78 is 16.8. The molecule has 75 heavy (non-hydrogen) atoms. The Morgan fingerprint density at radius 3 is 0.853 bits per heavy atom. The minimum atomic E-state index is -0.804. The van der Waals surface area contributed by atoms with E-state index in [0.717, 1.165) is 83.5 Å². The van der Waals surface area contributed by atoms with Gasteiger partial charge in [-0.25, -0.2) is 0 Å². The van der Waals surface area contributed by atoms with Gasteiger partial charge in [-0.05, 0) is 89.9 Å². The summed E-state index contributed by atoms with van der Waals surface area (Å²) in [6, 6.07) is 0. The van der Waals surface area contributed by atoms with Gasteiger partial charge in [0.25, 0.3) is 0 Å². The number of rotatable bonds is 58. The maximum atomic E-state index is 12.8. The second-order valence-corrected chi connectivity index (χ2v) is 21.3. The number of hydrogen-bond acceptors (Lipinski definition) is 6. The summed E-state index contributed by atoms with van der Waals surface area (Å²) in [5, 5.41) is 0. The molecule has 1 unspecified atom stereocenters. The predicted octanol–water partition coefficient (Wildman–Crippen LogP) is 21.9. The van der Waals surface area contributed by atoms with Crippen LogP contribution in [0.25, 0.3) is 0 Å². The van der Waals surface area contributed by atoms with Crippen molar-refractivity contribution in [2.24, 2.45) is 0 Å². The van der Waals surface area contributed by atoms with Crippen LogP contribution in [0.2, 0.25) is 0 Å². The van der Waals surface area contributed by atoms with E-state index in [9.17, 15) is 14.4 Å². The zero-order valence-electron chi connectivity index (χ0n) is 49.6. The fourth-order valence-corrected chi connectivity index (χ4v) is 9.10. The average molecular weight is 1050 g/mol. The van der Waals surface area contributed by atoms with Crippen molar-refractivity contribution < 1.29 is 28.6 Å². The quantitative estimate of drug-likeness (QED) is 0.0261. The van der Waals surface area contributed by atoms with Crippen LogP contribution in [0.5, 0.6) is 0 Å². The highest BCUT2D eigenvalue weighted by Crippen LogP contribution is 2.17. The first-order valence-corrected chi connectivity index (χ1v) is 32.1. The summed E-state index contributed by atoms with van der Waals surface area (Å²) in [6.07, 6.45) is 83.3. The Morgan fingerprint density at radius 1 is 0.280 bits per heavy atom. The van der Waals surface area contributed by atoms with E-state index in [1.807, 2.05) is 0 Å². The smallest absolute Gasteiger partial charge is 0.306 e. The number of ether oxygens (including phenoxy) is 3. The molecule has 1 atom stereocenters. The molecule has 0 aliphatic rings. The number of unbranched alkanes of at least 4 members (excludes halogenated alkanes) is 33. The Balaban J connectivity index is 4.23. The standard InChI is InChI=1S/C69H120O6/c1-4-7-10-13-16-19-22-24-26-28-29-30-31-32-33-34-35-36-37-38-39-41-42-44-47-50-53-56-59-62-68(71)74-65-66(64-73-67(70)61-58-55-52-49-46-21-18-15-12-9-6-3)75-69(72)63-60-57-54-51-48-45-43-40-27-25-23-20-17-14-11-8-5-2/h8,11,17,20,22,24-25,27-29,43,45,51,54,66H,4-7,9-10,12-16,18-19,21,23,26,30-42,44,46-50,52-53,55-65H2,1-3H3/b11-8-,20-17-,24-22-,27-25-,29-28-,45-43-,54-51-. The fraction of sp³-hybridized carbons (Fsp3) is 0.754. The molecule has 0 rings (SSSR count). The van der Waals surface area contributed by atoms with Crippen LogP contribution in [-0.4, -0.2) is 37.2 Å². The van der Waals surface area contributed by atoms with Crippen LogP contribution in [0.1, 0.15) is 316 Å². The first-order valence-electron chi connectivity index (χ1n) is 32.1. The highest BCUT2D eigenvalue weighted by molar-refractivity contribution is 5.71. The van der Waals surface area contributed by atoms with E-state index in [-0.39, 0.29) is 37.5 Å². The van der Waals surface area contributed by atoms with E-state index >= 15 is 0 Å². The van der Waals surface area contributed by atoms with Gasteiger partial charge in [0.05, 0.1) is 0 Å². The van der Waals surface area contributed by atoms with Crippen molar-refractivity contribution in [2.45, 2.75) is 322 Å². The molecule has 0 N–H and O–H groups in total. The SMILES string of the molecule is CC/C=C\C/C=C\C/C=C\C/C=C\C/C=C\CCCC(=O)OC(COC(=O)CCCCCCCCCCCCC)COC(=O)CCCCCCCCCCCCCCCCCCC/C=C\C/C=C\CCCCCCC. The van der Waals surface area contributed by atoms with Gasteiger partial charge in [-0.1, -0.05) is 292 Å². The van der Waals surface area contributed by atoms with Gasteiger partial charge in [-0.2, -0.15) is 0 Å². The first-order chi connectivity index (χ1) is 37.0. The summed E-state index contributed by atoms with van der Waals surface area (Å²) >= 11 is 0. The van der Waals surface area contributed by atoms with Gasteiger partial charge in [0.15, 0.2) is 6.10 Å². The lowest BCUT2D eigenvalue weighted by Crippen LogP contribution is -2.30. The molecule has 6 heteroatoms. The summed E-state index contributed by atoms with van der Waals surface area (Å²) in [7, 11) is 0. The molecule has 0 aliphatic heterocycles. The zero-order valence-corrected chi connectivity index (χ0v) is 49.6. The third kappa shape index (κ3) is 61.3. The first kappa shape index (κ1) is 71.6. The largest absolute Gasteiger partial charge is 0.462 e. The van der Waals surface area contributed by atoms with E-state index in [1.165, 1.54) is 186 Å². The molecule has 0 aliphatic carbocycles. The highest BCUT2D eigenvalue weighted by Gasteiger charge is 2.19. The Morgan fingerprint density at radius 2 is 0.533 bits per heavy atom. The molecular weight excluding hydrogens is 925 g/mol. The van der Waals surface area contributed by atoms with Crippen molar-refractivity contribution in [2.75, 3.05) is 13.2 Å². The molecule has 0 aromatic heterocycles. The maximum absolute atomic E-state index is 12.8. The average Bonchev–Trinajstić information content (AvgIpc) is 3.41. The van der Waals surface area contributed by atoms with E-state index < -0.39 is 6.10 Å². The van der Waals surface area contributed by atoms with Gasteiger partial charge in [-0.15, -0.1) is 0 Å². The molecule has 0 amide bonds. The Bertz CT molecular complexity index is 1430. The molecule has 6 nitrogen and oxygen atoms in total. The topological polar surface area (TPSA) is 78.9 Å². The van der Waals surface area contributed by atoms with Crippen LogP contribution < -0.4 is 0 Å². The van der Waals surface area contributed by atoms with Crippen LogP contribution in [0.15, 0.2) is 85.1 Å². The molecular formula is C69H120O6. The number of carbonyl (C=O) groups excluding carboxylic acids is 3. The second-order valence-electron chi connectivity index (χ2n) is 21.3.